The molecule has 43 heavy (non-hydrogen) atoms. The lowest BCUT2D eigenvalue weighted by Gasteiger charge is -2.27. The Balaban J connectivity index is 1.62. The summed E-state index contributed by atoms with van der Waals surface area (Å²) < 4.78 is 11.4. The zero-order valence-corrected chi connectivity index (χ0v) is 24.8. The Hall–Kier alpha value is -4.78. The molecule has 0 spiro atoms. The van der Waals surface area contributed by atoms with Crippen molar-refractivity contribution in [1.82, 2.24) is 20.3 Å². The topological polar surface area (TPSA) is 169 Å². The summed E-state index contributed by atoms with van der Waals surface area (Å²) in [6, 6.07) is 13.3. The molecule has 0 saturated carbocycles. The van der Waals surface area contributed by atoms with Gasteiger partial charge in [0.1, 0.15) is 11.4 Å². The number of aryl methyl sites for hydroxylation is 1. The van der Waals surface area contributed by atoms with Crippen LogP contribution in [0.1, 0.15) is 64.0 Å². The van der Waals surface area contributed by atoms with E-state index in [1.54, 1.807) is 29.6 Å². The lowest BCUT2D eigenvalue weighted by molar-refractivity contribution is -0.384. The van der Waals surface area contributed by atoms with Crippen LogP contribution in [0.4, 0.5) is 22.1 Å². The normalized spacial score (nSPS) is 11.0. The molecule has 0 unspecified atom stereocenters. The fourth-order valence-corrected chi connectivity index (χ4v) is 3.96. The number of benzene rings is 2. The number of hydrogen-bond donors (Lipinski definition) is 3. The van der Waals surface area contributed by atoms with Gasteiger partial charge in [-0.2, -0.15) is 4.98 Å². The Morgan fingerprint density at radius 3 is 2.47 bits per heavy atom. The number of unbranched alkanes of at least 4 members (excludes halogenated alkanes) is 3. The Morgan fingerprint density at radius 1 is 1.07 bits per heavy atom. The number of nitro groups is 1. The predicted molar refractivity (Wildman–Crippen MR) is 159 cm³/mol. The van der Waals surface area contributed by atoms with Crippen molar-refractivity contribution in [3.8, 4) is 11.6 Å². The maximum Gasteiger partial charge on any atom is 0.410 e. The molecule has 0 aliphatic rings. The zero-order chi connectivity index (χ0) is 31.4. The summed E-state index contributed by atoms with van der Waals surface area (Å²) in [7, 11) is 0. The molecular weight excluding hydrogens is 556 g/mol. The lowest BCUT2D eigenvalue weighted by Crippen LogP contribution is -2.37. The largest absolute Gasteiger partial charge is 0.444 e. The van der Waals surface area contributed by atoms with Gasteiger partial charge in [0, 0.05) is 43.0 Å². The quantitative estimate of drug-likeness (QED) is 0.0819. The summed E-state index contributed by atoms with van der Waals surface area (Å²) in [5, 5.41) is 22.8. The number of hydrogen-bond acceptors (Lipinski definition) is 10. The van der Waals surface area contributed by atoms with Crippen LogP contribution >= 0.6 is 0 Å². The summed E-state index contributed by atoms with van der Waals surface area (Å²) in [4.78, 5) is 45.0. The first-order valence-electron chi connectivity index (χ1n) is 14.0. The second kappa shape index (κ2) is 15.4. The number of nitrogens with zero attached hydrogens (tertiary/aromatic N) is 4. The first-order valence-corrected chi connectivity index (χ1v) is 14.0. The van der Waals surface area contributed by atoms with E-state index in [9.17, 15) is 19.7 Å². The molecule has 0 bridgehead atoms. The van der Waals surface area contributed by atoms with Gasteiger partial charge >= 0.3 is 6.09 Å². The number of amides is 2. The molecule has 3 aromatic rings. The maximum atomic E-state index is 12.9. The number of aromatic nitrogens is 2. The van der Waals surface area contributed by atoms with Crippen molar-refractivity contribution in [2.75, 3.05) is 11.9 Å². The van der Waals surface area contributed by atoms with Crippen LogP contribution in [0.15, 0.2) is 54.7 Å². The standard InChI is InChI=1S/C30H38N6O7/c1-21-19-31-28(33-27(21)42-25-11-9-10-24(18-25)36(40)41)32-23-15-13-22(14-16-23)20-35(29(38)43-30(2,3)4)17-8-6-5-7-12-26(37)34-39/h9-11,13-16,18-19,39H,5-8,12,17,20H2,1-4H3,(H,34,37)(H,31,32,33). The minimum Gasteiger partial charge on any atom is -0.444 e. The van der Waals surface area contributed by atoms with Crippen LogP contribution in [-0.2, 0) is 16.1 Å². The fraction of sp³-hybridized carbons (Fsp3) is 0.400. The molecule has 0 saturated heterocycles. The molecule has 3 N–H and O–H groups in total. The van der Waals surface area contributed by atoms with Gasteiger partial charge in [-0.25, -0.2) is 15.3 Å². The van der Waals surface area contributed by atoms with E-state index in [1.165, 1.54) is 18.2 Å². The molecule has 2 amide bonds. The van der Waals surface area contributed by atoms with Crippen LogP contribution in [0.25, 0.3) is 0 Å². The number of non-ortho nitro benzene ring substituents is 1. The van der Waals surface area contributed by atoms with Crippen molar-refractivity contribution in [3.05, 3.63) is 76.0 Å². The van der Waals surface area contributed by atoms with E-state index in [-0.39, 0.29) is 29.7 Å². The van der Waals surface area contributed by atoms with E-state index in [2.05, 4.69) is 15.3 Å². The highest BCUT2D eigenvalue weighted by molar-refractivity contribution is 5.74. The van der Waals surface area contributed by atoms with Crippen LogP contribution in [0.5, 0.6) is 11.6 Å². The van der Waals surface area contributed by atoms with E-state index in [4.69, 9.17) is 14.7 Å². The van der Waals surface area contributed by atoms with Crippen molar-refractivity contribution < 1.29 is 29.2 Å². The first-order chi connectivity index (χ1) is 20.4. The van der Waals surface area contributed by atoms with Gasteiger partial charge in [-0.15, -0.1) is 0 Å². The number of nitro benzene ring substituents is 1. The fourth-order valence-electron chi connectivity index (χ4n) is 3.96. The summed E-state index contributed by atoms with van der Waals surface area (Å²) in [6.07, 6.45) is 4.46. The van der Waals surface area contributed by atoms with Crippen LogP contribution in [0.3, 0.4) is 0 Å². The van der Waals surface area contributed by atoms with Gasteiger partial charge in [0.05, 0.1) is 11.0 Å². The average Bonchev–Trinajstić information content (AvgIpc) is 2.96. The predicted octanol–water partition coefficient (Wildman–Crippen LogP) is 6.42. The van der Waals surface area contributed by atoms with Gasteiger partial charge in [0.2, 0.25) is 17.7 Å². The van der Waals surface area contributed by atoms with Gasteiger partial charge in [-0.1, -0.05) is 31.0 Å². The van der Waals surface area contributed by atoms with Crippen LogP contribution < -0.4 is 15.5 Å². The van der Waals surface area contributed by atoms with Gasteiger partial charge < -0.3 is 19.7 Å². The Bertz CT molecular complexity index is 1390. The summed E-state index contributed by atoms with van der Waals surface area (Å²) in [5.74, 6) is 0.427. The number of hydroxylamine groups is 1. The number of carbonyl (C=O) groups is 2. The van der Waals surface area contributed by atoms with E-state index in [1.807, 2.05) is 45.0 Å². The van der Waals surface area contributed by atoms with Crippen LogP contribution in [0, 0.1) is 17.0 Å². The van der Waals surface area contributed by atoms with Gasteiger partial charge in [-0.05, 0) is 64.3 Å². The molecule has 0 aliphatic heterocycles. The molecule has 2 aromatic carbocycles. The van der Waals surface area contributed by atoms with E-state index in [0.717, 1.165) is 24.8 Å². The zero-order valence-electron chi connectivity index (χ0n) is 24.8. The maximum absolute atomic E-state index is 12.9. The molecule has 230 valence electrons. The first kappa shape index (κ1) is 32.7. The number of nitrogens with one attached hydrogen (secondary N) is 2. The summed E-state index contributed by atoms with van der Waals surface area (Å²) >= 11 is 0. The second-order valence-corrected chi connectivity index (χ2v) is 11.0. The third-order valence-electron chi connectivity index (χ3n) is 6.11. The van der Waals surface area contributed by atoms with Crippen LogP contribution in [0.2, 0.25) is 0 Å². The highest BCUT2D eigenvalue weighted by atomic mass is 16.6. The van der Waals surface area contributed by atoms with Crippen molar-refractivity contribution >= 4 is 29.3 Å². The molecule has 3 rings (SSSR count). The third kappa shape index (κ3) is 11.2. The highest BCUT2D eigenvalue weighted by Crippen LogP contribution is 2.27. The Kier molecular flexibility index (Phi) is 11.8. The van der Waals surface area contributed by atoms with Gasteiger partial charge in [0.25, 0.3) is 5.69 Å². The number of anilines is 2. The minimum absolute atomic E-state index is 0.0856. The Labute approximate surface area is 250 Å². The van der Waals surface area contributed by atoms with Crippen LogP contribution in [-0.4, -0.2) is 49.1 Å². The average molecular weight is 595 g/mol. The van der Waals surface area contributed by atoms with E-state index >= 15 is 0 Å². The molecule has 13 nitrogen and oxygen atoms in total. The SMILES string of the molecule is Cc1cnc(Nc2ccc(CN(CCCCCCC(=O)NO)C(=O)OC(C)(C)C)cc2)nc1Oc1cccc([N+](=O)[O-])c1. The summed E-state index contributed by atoms with van der Waals surface area (Å²) in [5.41, 5.74) is 3.18. The molecule has 13 heteroatoms. The van der Waals surface area contributed by atoms with Crippen molar-refractivity contribution in [1.29, 1.82) is 0 Å². The van der Waals surface area contributed by atoms with E-state index in [0.29, 0.717) is 30.8 Å². The molecule has 0 atom stereocenters. The van der Waals surface area contributed by atoms with Gasteiger partial charge in [-0.3, -0.25) is 20.1 Å². The molecule has 0 aliphatic carbocycles. The van der Waals surface area contributed by atoms with Crippen molar-refractivity contribution in [3.63, 3.8) is 0 Å². The third-order valence-corrected chi connectivity index (χ3v) is 6.11. The molecule has 0 radical (unpaired) electrons. The second-order valence-electron chi connectivity index (χ2n) is 11.0. The highest BCUT2D eigenvalue weighted by Gasteiger charge is 2.22. The van der Waals surface area contributed by atoms with Crippen molar-refractivity contribution in [2.45, 2.75) is 71.9 Å². The molecule has 0 fully saturated rings. The molecule has 1 aromatic heterocycles. The monoisotopic (exact) mass is 594 g/mol. The summed E-state index contributed by atoms with van der Waals surface area (Å²) in [6.45, 7) is 8.09. The smallest absolute Gasteiger partial charge is 0.410 e. The molecular formula is C30H38N6O7. The number of ether oxygens (including phenoxy) is 2. The number of carbonyl (C=O) groups excluding carboxylic acids is 2. The Morgan fingerprint density at radius 2 is 1.79 bits per heavy atom. The lowest BCUT2D eigenvalue weighted by atomic mass is 10.1. The number of rotatable bonds is 14. The molecule has 1 heterocycles. The van der Waals surface area contributed by atoms with E-state index < -0.39 is 22.5 Å². The van der Waals surface area contributed by atoms with Gasteiger partial charge in [0.15, 0.2) is 0 Å². The minimum atomic E-state index is -0.632. The van der Waals surface area contributed by atoms with Crippen molar-refractivity contribution in [2.24, 2.45) is 0 Å².